The van der Waals surface area contributed by atoms with E-state index in [4.69, 9.17) is 0 Å². The molecule has 0 aromatic heterocycles. The molecule has 2 heterocycles. The van der Waals surface area contributed by atoms with Gasteiger partial charge in [-0.2, -0.15) is 13.2 Å². The standard InChI is InChI=1S/C24H32F3N3O3/c1-16(2)29-14-20(32)30(13-17-6-8-18(9-7-17)24(25,26)27)23(21(29)33)10-11-28(15-23)19(31)12-22(3,4)5/h6-9,16H,10-15H2,1-5H3. The summed E-state index contributed by atoms with van der Waals surface area (Å²) >= 11 is 0. The van der Waals surface area contributed by atoms with E-state index in [0.717, 1.165) is 12.1 Å². The molecule has 2 aliphatic rings. The van der Waals surface area contributed by atoms with Crippen LogP contribution in [0.2, 0.25) is 0 Å². The number of nitrogens with zero attached hydrogens (tertiary/aromatic N) is 3. The van der Waals surface area contributed by atoms with Gasteiger partial charge in [-0.15, -0.1) is 0 Å². The Morgan fingerprint density at radius 3 is 2.21 bits per heavy atom. The van der Waals surface area contributed by atoms with Gasteiger partial charge >= 0.3 is 6.18 Å². The van der Waals surface area contributed by atoms with Crippen LogP contribution in [0.4, 0.5) is 13.2 Å². The highest BCUT2D eigenvalue weighted by Crippen LogP contribution is 2.37. The van der Waals surface area contributed by atoms with Crippen molar-refractivity contribution >= 4 is 17.7 Å². The summed E-state index contributed by atoms with van der Waals surface area (Å²) in [5.41, 5.74) is -1.70. The molecule has 1 aromatic carbocycles. The largest absolute Gasteiger partial charge is 0.416 e. The molecule has 6 nitrogen and oxygen atoms in total. The van der Waals surface area contributed by atoms with Gasteiger partial charge in [0.2, 0.25) is 11.8 Å². The van der Waals surface area contributed by atoms with E-state index < -0.39 is 17.3 Å². The van der Waals surface area contributed by atoms with Crippen LogP contribution in [-0.4, -0.2) is 63.6 Å². The van der Waals surface area contributed by atoms with Gasteiger partial charge in [0.1, 0.15) is 12.1 Å². The minimum absolute atomic E-state index is 0.00987. The lowest BCUT2D eigenvalue weighted by atomic mass is 9.89. The maximum absolute atomic E-state index is 13.6. The number of hydrogen-bond donors (Lipinski definition) is 0. The zero-order chi connectivity index (χ0) is 24.8. The first kappa shape index (κ1) is 25.1. The number of piperazine rings is 1. The lowest BCUT2D eigenvalue weighted by Gasteiger charge is -2.48. The van der Waals surface area contributed by atoms with Gasteiger partial charge < -0.3 is 14.7 Å². The van der Waals surface area contributed by atoms with E-state index in [9.17, 15) is 27.6 Å². The predicted molar refractivity (Wildman–Crippen MR) is 117 cm³/mol. The summed E-state index contributed by atoms with van der Waals surface area (Å²) in [6.45, 7) is 9.92. The number of amides is 3. The fraction of sp³-hybridized carbons (Fsp3) is 0.625. The Labute approximate surface area is 192 Å². The van der Waals surface area contributed by atoms with Crippen molar-refractivity contribution in [3.05, 3.63) is 35.4 Å². The van der Waals surface area contributed by atoms with Crippen LogP contribution in [0, 0.1) is 5.41 Å². The highest BCUT2D eigenvalue weighted by Gasteiger charge is 2.57. The Balaban J connectivity index is 1.91. The molecular formula is C24H32F3N3O3. The van der Waals surface area contributed by atoms with Crippen molar-refractivity contribution in [1.82, 2.24) is 14.7 Å². The zero-order valence-electron chi connectivity index (χ0n) is 19.8. The van der Waals surface area contributed by atoms with Crippen LogP contribution in [0.25, 0.3) is 0 Å². The molecule has 9 heteroatoms. The molecule has 1 atom stereocenters. The Bertz CT molecular complexity index is 922. The van der Waals surface area contributed by atoms with Gasteiger partial charge in [-0.25, -0.2) is 0 Å². The first-order valence-corrected chi connectivity index (χ1v) is 11.2. The SMILES string of the molecule is CC(C)N1CC(=O)N(Cc2ccc(C(F)(F)F)cc2)C2(CCN(C(=O)CC(C)(C)C)C2)C1=O. The van der Waals surface area contributed by atoms with Crippen LogP contribution in [0.1, 0.15) is 58.6 Å². The molecule has 2 aliphatic heterocycles. The summed E-state index contributed by atoms with van der Waals surface area (Å²) < 4.78 is 38.8. The van der Waals surface area contributed by atoms with Crippen molar-refractivity contribution in [2.45, 2.75) is 71.8 Å². The molecule has 2 saturated heterocycles. The van der Waals surface area contributed by atoms with Crippen molar-refractivity contribution in [1.29, 1.82) is 0 Å². The summed E-state index contributed by atoms with van der Waals surface area (Å²) in [5.74, 6) is -0.556. The molecule has 0 aliphatic carbocycles. The molecule has 0 bridgehead atoms. The summed E-state index contributed by atoms with van der Waals surface area (Å²) in [6.07, 6.45) is -3.83. The van der Waals surface area contributed by atoms with Crippen LogP contribution in [0.15, 0.2) is 24.3 Å². The molecule has 3 rings (SSSR count). The van der Waals surface area contributed by atoms with Crippen LogP contribution in [-0.2, 0) is 27.1 Å². The minimum atomic E-state index is -4.45. The molecule has 182 valence electrons. The van der Waals surface area contributed by atoms with Crippen molar-refractivity contribution in [3.63, 3.8) is 0 Å². The summed E-state index contributed by atoms with van der Waals surface area (Å²) in [6, 6.07) is 4.44. The quantitative estimate of drug-likeness (QED) is 0.679. The highest BCUT2D eigenvalue weighted by atomic mass is 19.4. The van der Waals surface area contributed by atoms with E-state index >= 15 is 0 Å². The third-order valence-electron chi connectivity index (χ3n) is 6.31. The summed E-state index contributed by atoms with van der Waals surface area (Å²) in [7, 11) is 0. The van der Waals surface area contributed by atoms with Gasteiger partial charge in [0.25, 0.3) is 5.91 Å². The van der Waals surface area contributed by atoms with Gasteiger partial charge in [0.05, 0.1) is 12.1 Å². The number of rotatable bonds is 4. The molecule has 33 heavy (non-hydrogen) atoms. The lowest BCUT2D eigenvalue weighted by Crippen LogP contribution is -2.69. The fourth-order valence-electron chi connectivity index (χ4n) is 4.53. The summed E-state index contributed by atoms with van der Waals surface area (Å²) in [5, 5.41) is 0. The number of alkyl halides is 3. The minimum Gasteiger partial charge on any atom is -0.340 e. The van der Waals surface area contributed by atoms with Crippen LogP contribution in [0.5, 0.6) is 0 Å². The van der Waals surface area contributed by atoms with Crippen molar-refractivity contribution in [3.8, 4) is 0 Å². The first-order valence-electron chi connectivity index (χ1n) is 11.2. The van der Waals surface area contributed by atoms with E-state index in [0.29, 0.717) is 24.9 Å². The van der Waals surface area contributed by atoms with Crippen LogP contribution in [0.3, 0.4) is 0 Å². The normalized spacial score (nSPS) is 22.2. The average Bonchev–Trinajstić information content (AvgIpc) is 3.13. The number of benzene rings is 1. The van der Waals surface area contributed by atoms with Gasteiger partial charge in [0, 0.05) is 25.6 Å². The molecule has 0 radical (unpaired) electrons. The van der Waals surface area contributed by atoms with Crippen molar-refractivity contribution in [2.75, 3.05) is 19.6 Å². The maximum Gasteiger partial charge on any atom is 0.416 e. The van der Waals surface area contributed by atoms with Gasteiger partial charge in [0.15, 0.2) is 0 Å². The van der Waals surface area contributed by atoms with E-state index in [1.807, 2.05) is 34.6 Å². The summed E-state index contributed by atoms with van der Waals surface area (Å²) in [4.78, 5) is 44.3. The first-order chi connectivity index (χ1) is 15.1. The number of likely N-dealkylation sites (tertiary alicyclic amines) is 1. The highest BCUT2D eigenvalue weighted by molar-refractivity contribution is 5.99. The second-order valence-electron chi connectivity index (χ2n) is 10.5. The van der Waals surface area contributed by atoms with E-state index in [2.05, 4.69) is 0 Å². The number of halogens is 3. The van der Waals surface area contributed by atoms with E-state index in [-0.39, 0.29) is 48.8 Å². The predicted octanol–water partition coefficient (Wildman–Crippen LogP) is 3.69. The van der Waals surface area contributed by atoms with Crippen molar-refractivity contribution in [2.24, 2.45) is 5.41 Å². The smallest absolute Gasteiger partial charge is 0.340 e. The molecule has 3 amide bonds. The van der Waals surface area contributed by atoms with Gasteiger partial charge in [-0.1, -0.05) is 32.9 Å². The molecule has 1 spiro atoms. The third-order valence-corrected chi connectivity index (χ3v) is 6.31. The fourth-order valence-corrected chi connectivity index (χ4v) is 4.53. The monoisotopic (exact) mass is 467 g/mol. The molecular weight excluding hydrogens is 435 g/mol. The second-order valence-corrected chi connectivity index (χ2v) is 10.5. The molecule has 2 fully saturated rings. The number of carbonyl (C=O) groups is 3. The van der Waals surface area contributed by atoms with Crippen LogP contribution >= 0.6 is 0 Å². The molecule has 0 N–H and O–H groups in total. The van der Waals surface area contributed by atoms with Crippen molar-refractivity contribution < 1.29 is 27.6 Å². The molecule has 0 saturated carbocycles. The Morgan fingerprint density at radius 1 is 1.09 bits per heavy atom. The number of carbonyl (C=O) groups excluding carboxylic acids is 3. The Hall–Kier alpha value is -2.58. The lowest BCUT2D eigenvalue weighted by molar-refractivity contribution is -0.167. The zero-order valence-corrected chi connectivity index (χ0v) is 19.8. The Morgan fingerprint density at radius 2 is 1.70 bits per heavy atom. The van der Waals surface area contributed by atoms with E-state index in [1.54, 1.807) is 4.90 Å². The topological polar surface area (TPSA) is 60.9 Å². The maximum atomic E-state index is 13.6. The van der Waals surface area contributed by atoms with Gasteiger partial charge in [-0.05, 0) is 43.4 Å². The van der Waals surface area contributed by atoms with Gasteiger partial charge in [-0.3, -0.25) is 14.4 Å². The van der Waals surface area contributed by atoms with Crippen LogP contribution < -0.4 is 0 Å². The Kier molecular flexibility index (Phi) is 6.56. The van der Waals surface area contributed by atoms with E-state index in [1.165, 1.54) is 21.9 Å². The number of hydrogen-bond acceptors (Lipinski definition) is 3. The average molecular weight is 468 g/mol. The molecule has 1 aromatic rings. The second kappa shape index (κ2) is 8.65. The third kappa shape index (κ3) is 5.17. The molecule has 1 unspecified atom stereocenters.